The number of amides is 1. The number of fused-ring (bicyclic) bond motifs is 1. The van der Waals surface area contributed by atoms with Crippen LogP contribution in [0.3, 0.4) is 0 Å². The van der Waals surface area contributed by atoms with Crippen LogP contribution in [0.2, 0.25) is 0 Å². The monoisotopic (exact) mass is 552 g/mol. The molecule has 0 N–H and O–H groups in total. The van der Waals surface area contributed by atoms with Crippen LogP contribution in [0.5, 0.6) is 5.88 Å². The summed E-state index contributed by atoms with van der Waals surface area (Å²) in [7, 11) is 1.39. The number of piperazine rings is 1. The number of carbonyl (C=O) groups excluding carboxylic acids is 1. The van der Waals surface area contributed by atoms with Gasteiger partial charge >= 0.3 is 0 Å². The second kappa shape index (κ2) is 13.3. The van der Waals surface area contributed by atoms with Gasteiger partial charge in [-0.2, -0.15) is 5.10 Å². The number of nitrogens with zero attached hydrogens (tertiary/aromatic N) is 6. The van der Waals surface area contributed by atoms with E-state index in [1.807, 2.05) is 24.0 Å². The van der Waals surface area contributed by atoms with Gasteiger partial charge in [-0.25, -0.2) is 14.1 Å². The van der Waals surface area contributed by atoms with Gasteiger partial charge in [-0.1, -0.05) is 20.3 Å². The molecule has 0 bridgehead atoms. The predicted octanol–water partition coefficient (Wildman–Crippen LogP) is 4.62. The molecule has 0 aromatic carbocycles. The predicted molar refractivity (Wildman–Crippen MR) is 152 cm³/mol. The molecule has 2 aliphatic rings. The Hall–Kier alpha value is -3.37. The normalized spacial score (nSPS) is 16.7. The van der Waals surface area contributed by atoms with E-state index < -0.39 is 5.82 Å². The molecule has 3 aromatic rings. The van der Waals surface area contributed by atoms with Gasteiger partial charge in [-0.3, -0.25) is 14.7 Å². The maximum absolute atomic E-state index is 14.5. The molecule has 0 saturated carbocycles. The van der Waals surface area contributed by atoms with Crippen LogP contribution in [0, 0.1) is 5.82 Å². The van der Waals surface area contributed by atoms with Gasteiger partial charge < -0.3 is 14.4 Å². The lowest BCUT2D eigenvalue weighted by Crippen LogP contribution is -2.52. The number of rotatable bonds is 6. The molecule has 9 nitrogen and oxygen atoms in total. The molecule has 2 aliphatic heterocycles. The smallest absolute Gasteiger partial charge is 0.250 e. The van der Waals surface area contributed by atoms with E-state index in [1.165, 1.54) is 19.6 Å². The Morgan fingerprint density at radius 1 is 1.10 bits per heavy atom. The number of hydrogen-bond donors (Lipinski definition) is 0. The van der Waals surface area contributed by atoms with Gasteiger partial charge in [0.2, 0.25) is 11.8 Å². The summed E-state index contributed by atoms with van der Waals surface area (Å²) in [6, 6.07) is 5.51. The van der Waals surface area contributed by atoms with E-state index in [1.54, 1.807) is 17.1 Å². The van der Waals surface area contributed by atoms with Gasteiger partial charge in [-0.15, -0.1) is 0 Å². The highest BCUT2D eigenvalue weighted by molar-refractivity contribution is 5.79. The summed E-state index contributed by atoms with van der Waals surface area (Å²) in [5, 5.41) is 4.93. The highest BCUT2D eigenvalue weighted by Gasteiger charge is 2.30. The van der Waals surface area contributed by atoms with Gasteiger partial charge in [0, 0.05) is 48.9 Å². The summed E-state index contributed by atoms with van der Waals surface area (Å²) >= 11 is 0. The Balaban J connectivity index is 0.00000118. The molecule has 5 heterocycles. The first kappa shape index (κ1) is 29.6. The van der Waals surface area contributed by atoms with Crippen LogP contribution in [0.4, 0.5) is 4.39 Å². The molecule has 1 fully saturated rings. The third-order valence-electron chi connectivity index (χ3n) is 7.27. The lowest BCUT2D eigenvalue weighted by atomic mass is 10.0. The van der Waals surface area contributed by atoms with Gasteiger partial charge in [-0.05, 0) is 39.3 Å². The third-order valence-corrected chi connectivity index (χ3v) is 7.27. The average Bonchev–Trinajstić information content (AvgIpc) is 3.13. The number of aromatic nitrogens is 4. The minimum Gasteiger partial charge on any atom is -0.479 e. The fraction of sp³-hybridized carbons (Fsp3) is 0.533. The zero-order chi connectivity index (χ0) is 28.8. The third kappa shape index (κ3) is 6.33. The second-order valence-corrected chi connectivity index (χ2v) is 10.5. The van der Waals surface area contributed by atoms with E-state index in [9.17, 15) is 9.18 Å². The Bertz CT molecular complexity index is 1310. The number of ether oxygens (including phenoxy) is 2. The van der Waals surface area contributed by atoms with Gasteiger partial charge in [0.05, 0.1) is 61.9 Å². The molecule has 0 aliphatic carbocycles. The summed E-state index contributed by atoms with van der Waals surface area (Å²) in [6.45, 7) is 13.6. The molecule has 5 rings (SSSR count). The van der Waals surface area contributed by atoms with Crippen molar-refractivity contribution in [2.75, 3.05) is 40.0 Å². The molecule has 10 heteroatoms. The first-order chi connectivity index (χ1) is 19.3. The topological polar surface area (TPSA) is 85.6 Å². The van der Waals surface area contributed by atoms with Crippen molar-refractivity contribution in [3.05, 3.63) is 53.4 Å². The van der Waals surface area contributed by atoms with Crippen LogP contribution in [0.1, 0.15) is 64.0 Å². The first-order valence-electron chi connectivity index (χ1n) is 14.2. The number of halogens is 1. The molecule has 216 valence electrons. The number of hydrogen-bond acceptors (Lipinski definition) is 7. The van der Waals surface area contributed by atoms with E-state index in [0.29, 0.717) is 50.9 Å². The zero-order valence-electron chi connectivity index (χ0n) is 24.5. The molecule has 1 amide bonds. The largest absolute Gasteiger partial charge is 0.479 e. The molecule has 1 atom stereocenters. The molecule has 3 aromatic heterocycles. The fourth-order valence-electron chi connectivity index (χ4n) is 5.12. The summed E-state index contributed by atoms with van der Waals surface area (Å²) in [4.78, 5) is 25.7. The fourth-order valence-corrected chi connectivity index (χ4v) is 5.12. The molecule has 1 unspecified atom stereocenters. The highest BCUT2D eigenvalue weighted by atomic mass is 19.1. The van der Waals surface area contributed by atoms with E-state index in [4.69, 9.17) is 14.6 Å². The van der Waals surface area contributed by atoms with Crippen molar-refractivity contribution < 1.29 is 18.7 Å². The molecule has 0 spiro atoms. The Morgan fingerprint density at radius 3 is 2.52 bits per heavy atom. The lowest BCUT2D eigenvalue weighted by molar-refractivity contribution is -0.139. The van der Waals surface area contributed by atoms with Crippen molar-refractivity contribution >= 4 is 5.91 Å². The van der Waals surface area contributed by atoms with Crippen LogP contribution < -0.4 is 4.74 Å². The summed E-state index contributed by atoms with van der Waals surface area (Å²) in [6.07, 6.45) is 5.93. The average molecular weight is 553 g/mol. The van der Waals surface area contributed by atoms with Crippen LogP contribution in [-0.4, -0.2) is 81.5 Å². The van der Waals surface area contributed by atoms with Crippen LogP contribution in [0.25, 0.3) is 16.9 Å². The van der Waals surface area contributed by atoms with Crippen molar-refractivity contribution in [3.8, 4) is 22.8 Å². The van der Waals surface area contributed by atoms with Crippen LogP contribution in [0.15, 0.2) is 30.6 Å². The summed E-state index contributed by atoms with van der Waals surface area (Å²) < 4.78 is 27.0. The number of carbonyl (C=O) groups is 1. The van der Waals surface area contributed by atoms with E-state index in [-0.39, 0.29) is 17.8 Å². The highest BCUT2D eigenvalue weighted by Crippen LogP contribution is 2.32. The lowest BCUT2D eigenvalue weighted by Gasteiger charge is -2.39. The van der Waals surface area contributed by atoms with Gasteiger partial charge in [0.1, 0.15) is 0 Å². The molecule has 0 radical (unpaired) electrons. The van der Waals surface area contributed by atoms with Crippen molar-refractivity contribution in [1.82, 2.24) is 29.5 Å². The summed E-state index contributed by atoms with van der Waals surface area (Å²) in [5.74, 6) is -0.482. The SMILES string of the molecule is CCC.COc1ncc(-n2nc(-c3ccnc(C(C)N4CCN(C(C)C)CC4=O)c3)c3c2CCOCC3)cc1F. The molecular weight excluding hydrogens is 511 g/mol. The number of methoxy groups -OCH3 is 1. The maximum Gasteiger partial charge on any atom is 0.250 e. The quantitative estimate of drug-likeness (QED) is 0.441. The maximum atomic E-state index is 14.5. The van der Waals surface area contributed by atoms with Crippen molar-refractivity contribution in [3.63, 3.8) is 0 Å². The molecule has 1 saturated heterocycles. The first-order valence-corrected chi connectivity index (χ1v) is 14.2. The van der Waals surface area contributed by atoms with Gasteiger partial charge in [0.15, 0.2) is 5.82 Å². The van der Waals surface area contributed by atoms with Crippen LogP contribution in [-0.2, 0) is 22.4 Å². The minimum atomic E-state index is -0.544. The van der Waals surface area contributed by atoms with Crippen molar-refractivity contribution in [2.24, 2.45) is 0 Å². The van der Waals surface area contributed by atoms with Crippen molar-refractivity contribution in [1.29, 1.82) is 0 Å². The molecule has 40 heavy (non-hydrogen) atoms. The van der Waals surface area contributed by atoms with Gasteiger partial charge in [0.25, 0.3) is 0 Å². The standard InChI is InChI=1S/C27H33FN6O3.C3H8/c1-17(2)32-9-10-33(25(35)16-32)18(3)23-13-19(5-8-29-23)26-21-6-11-37-12-7-24(21)34(31-26)20-14-22(28)27(36-4)30-15-20;1-3-2/h5,8,13-15,17-18H,6-7,9-12,16H2,1-4H3;3H2,1-2H3. The molecular formula is C30H41FN6O3. The van der Waals surface area contributed by atoms with Crippen molar-refractivity contribution in [2.45, 2.75) is 66.0 Å². The second-order valence-electron chi connectivity index (χ2n) is 10.5. The van der Waals surface area contributed by atoms with E-state index in [0.717, 1.165) is 34.8 Å². The minimum absolute atomic E-state index is 0.0536. The Labute approximate surface area is 236 Å². The Kier molecular flexibility index (Phi) is 9.86. The van der Waals surface area contributed by atoms with E-state index in [2.05, 4.69) is 42.6 Å². The summed E-state index contributed by atoms with van der Waals surface area (Å²) in [5.41, 5.74) is 5.10. The zero-order valence-corrected chi connectivity index (χ0v) is 24.5. The van der Waals surface area contributed by atoms with Crippen LogP contribution >= 0.6 is 0 Å². The Morgan fingerprint density at radius 2 is 1.85 bits per heavy atom. The van der Waals surface area contributed by atoms with E-state index >= 15 is 0 Å². The number of pyridine rings is 2.